The molecule has 0 aliphatic carbocycles. The van der Waals surface area contributed by atoms with E-state index in [0.29, 0.717) is 25.2 Å². The molecule has 1 saturated heterocycles. The van der Waals surface area contributed by atoms with Gasteiger partial charge in [-0.2, -0.15) is 0 Å². The number of piperidine rings is 1. The molecule has 1 N–H and O–H groups in total. The molecule has 0 bridgehead atoms. The van der Waals surface area contributed by atoms with Gasteiger partial charge in [-0.15, -0.1) is 0 Å². The summed E-state index contributed by atoms with van der Waals surface area (Å²) in [5.41, 5.74) is 2.78. The Labute approximate surface area is 148 Å². The van der Waals surface area contributed by atoms with E-state index in [1.54, 1.807) is 11.8 Å². The minimum Gasteiger partial charge on any atom is -0.452 e. The molecule has 6 nitrogen and oxygen atoms in total. The number of likely N-dealkylation sites (tertiary alicyclic amines) is 1. The number of esters is 1. The third kappa shape index (κ3) is 5.05. The molecule has 136 valence electrons. The van der Waals surface area contributed by atoms with Crippen molar-refractivity contribution in [2.45, 2.75) is 46.6 Å². The van der Waals surface area contributed by atoms with Crippen LogP contribution in [0.1, 0.15) is 37.8 Å². The van der Waals surface area contributed by atoms with Crippen LogP contribution in [0.5, 0.6) is 0 Å². The molecule has 1 heterocycles. The fourth-order valence-corrected chi connectivity index (χ4v) is 2.97. The lowest BCUT2D eigenvalue weighted by molar-refractivity contribution is -0.159. The highest BCUT2D eigenvalue weighted by atomic mass is 16.5. The number of rotatable bonds is 4. The van der Waals surface area contributed by atoms with E-state index >= 15 is 0 Å². The lowest BCUT2D eigenvalue weighted by Crippen LogP contribution is -2.43. The smallest absolute Gasteiger partial charge is 0.311 e. The number of nitrogens with one attached hydrogen (secondary N) is 1. The highest BCUT2D eigenvalue weighted by molar-refractivity contribution is 5.95. The van der Waals surface area contributed by atoms with E-state index in [2.05, 4.69) is 5.32 Å². The molecule has 1 aromatic carbocycles. The molecule has 25 heavy (non-hydrogen) atoms. The van der Waals surface area contributed by atoms with Gasteiger partial charge in [-0.05, 0) is 45.2 Å². The third-order valence-electron chi connectivity index (χ3n) is 4.50. The summed E-state index contributed by atoms with van der Waals surface area (Å²) in [4.78, 5) is 37.7. The summed E-state index contributed by atoms with van der Waals surface area (Å²) in [7, 11) is 0. The standard InChI is InChI=1S/C19H26N2O4/c1-12-7-8-17(13(2)10-12)20-18(23)14(3)25-19(24)16-6-5-9-21(11-16)15(4)22/h7-8,10,14,16H,5-6,9,11H2,1-4H3,(H,20,23)/t14-,16-/m1/s1. The van der Waals surface area contributed by atoms with E-state index in [1.165, 1.54) is 6.92 Å². The summed E-state index contributed by atoms with van der Waals surface area (Å²) in [5.74, 6) is -1.19. The van der Waals surface area contributed by atoms with Crippen molar-refractivity contribution in [3.63, 3.8) is 0 Å². The third-order valence-corrected chi connectivity index (χ3v) is 4.50. The number of aryl methyl sites for hydroxylation is 2. The summed E-state index contributed by atoms with van der Waals surface area (Å²) in [5, 5.41) is 2.79. The molecule has 0 radical (unpaired) electrons. The second-order valence-corrected chi connectivity index (χ2v) is 6.69. The number of carbonyl (C=O) groups excluding carboxylic acids is 3. The van der Waals surface area contributed by atoms with Crippen LogP contribution in [0.2, 0.25) is 0 Å². The Morgan fingerprint density at radius 1 is 1.28 bits per heavy atom. The molecule has 1 fully saturated rings. The Kier molecular flexibility index (Phi) is 6.17. The second kappa shape index (κ2) is 8.14. The van der Waals surface area contributed by atoms with Crippen LogP contribution in [0.15, 0.2) is 18.2 Å². The van der Waals surface area contributed by atoms with E-state index in [9.17, 15) is 14.4 Å². The molecule has 6 heteroatoms. The van der Waals surface area contributed by atoms with Gasteiger partial charge >= 0.3 is 5.97 Å². The van der Waals surface area contributed by atoms with Gasteiger partial charge < -0.3 is 15.0 Å². The maximum absolute atomic E-state index is 12.3. The van der Waals surface area contributed by atoms with Gasteiger partial charge in [0.1, 0.15) is 0 Å². The van der Waals surface area contributed by atoms with Crippen LogP contribution in [-0.4, -0.2) is 41.9 Å². The minimum atomic E-state index is -0.888. The summed E-state index contributed by atoms with van der Waals surface area (Å²) in [6.45, 7) is 7.98. The molecule has 1 aliphatic rings. The highest BCUT2D eigenvalue weighted by Gasteiger charge is 2.30. The molecule has 2 rings (SSSR count). The molecule has 0 aromatic heterocycles. The Hall–Kier alpha value is -2.37. The van der Waals surface area contributed by atoms with Crippen LogP contribution in [0, 0.1) is 19.8 Å². The average Bonchev–Trinajstić information content (AvgIpc) is 2.57. The first-order valence-corrected chi connectivity index (χ1v) is 8.62. The van der Waals surface area contributed by atoms with E-state index in [1.807, 2.05) is 32.0 Å². The molecular formula is C19H26N2O4. The van der Waals surface area contributed by atoms with Crippen molar-refractivity contribution in [2.24, 2.45) is 5.92 Å². The first-order valence-electron chi connectivity index (χ1n) is 8.62. The quantitative estimate of drug-likeness (QED) is 0.850. The second-order valence-electron chi connectivity index (χ2n) is 6.69. The van der Waals surface area contributed by atoms with Crippen LogP contribution >= 0.6 is 0 Å². The monoisotopic (exact) mass is 346 g/mol. The predicted molar refractivity (Wildman–Crippen MR) is 95.1 cm³/mol. The number of hydrogen-bond donors (Lipinski definition) is 1. The van der Waals surface area contributed by atoms with Crippen LogP contribution in [0.4, 0.5) is 5.69 Å². The van der Waals surface area contributed by atoms with Gasteiger partial charge in [-0.3, -0.25) is 14.4 Å². The number of anilines is 1. The van der Waals surface area contributed by atoms with Crippen LogP contribution in [0.25, 0.3) is 0 Å². The fraction of sp³-hybridized carbons (Fsp3) is 0.526. The summed E-state index contributed by atoms with van der Waals surface area (Å²) in [6, 6.07) is 5.73. The van der Waals surface area contributed by atoms with Gasteiger partial charge in [0.05, 0.1) is 5.92 Å². The molecule has 1 aromatic rings. The number of ether oxygens (including phenoxy) is 1. The maximum Gasteiger partial charge on any atom is 0.311 e. The van der Waals surface area contributed by atoms with Crippen LogP contribution < -0.4 is 5.32 Å². The van der Waals surface area contributed by atoms with Crippen molar-refractivity contribution >= 4 is 23.5 Å². The van der Waals surface area contributed by atoms with Gasteiger partial charge in [0, 0.05) is 25.7 Å². The summed E-state index contributed by atoms with van der Waals surface area (Å²) < 4.78 is 5.33. The van der Waals surface area contributed by atoms with E-state index < -0.39 is 12.1 Å². The Balaban J connectivity index is 1.91. The summed E-state index contributed by atoms with van der Waals surface area (Å²) in [6.07, 6.45) is 0.553. The maximum atomic E-state index is 12.3. The van der Waals surface area contributed by atoms with Crippen LogP contribution in [0.3, 0.4) is 0 Å². The van der Waals surface area contributed by atoms with E-state index in [0.717, 1.165) is 17.5 Å². The average molecular weight is 346 g/mol. The fourth-order valence-electron chi connectivity index (χ4n) is 2.97. The lowest BCUT2D eigenvalue weighted by atomic mass is 9.98. The molecule has 0 saturated carbocycles. The molecule has 0 spiro atoms. The number of nitrogens with zero attached hydrogens (tertiary/aromatic N) is 1. The Morgan fingerprint density at radius 3 is 2.64 bits per heavy atom. The molecule has 1 aliphatic heterocycles. The van der Waals surface area contributed by atoms with Crippen LogP contribution in [-0.2, 0) is 19.1 Å². The zero-order valence-corrected chi connectivity index (χ0v) is 15.3. The number of carbonyl (C=O) groups is 3. The van der Waals surface area contributed by atoms with Crippen molar-refractivity contribution < 1.29 is 19.1 Å². The SMILES string of the molecule is CC(=O)N1CCC[C@@H](C(=O)O[C@H](C)C(=O)Nc2ccc(C)cc2C)C1. The minimum absolute atomic E-state index is 0.0434. The van der Waals surface area contributed by atoms with Gasteiger partial charge in [0.25, 0.3) is 5.91 Å². The van der Waals surface area contributed by atoms with E-state index in [-0.39, 0.29) is 17.7 Å². The van der Waals surface area contributed by atoms with Gasteiger partial charge in [0.2, 0.25) is 5.91 Å². The largest absolute Gasteiger partial charge is 0.452 e. The molecule has 2 amide bonds. The van der Waals surface area contributed by atoms with Crippen molar-refractivity contribution in [2.75, 3.05) is 18.4 Å². The highest BCUT2D eigenvalue weighted by Crippen LogP contribution is 2.20. The van der Waals surface area contributed by atoms with Crippen molar-refractivity contribution in [3.05, 3.63) is 29.3 Å². The van der Waals surface area contributed by atoms with Gasteiger partial charge in [-0.25, -0.2) is 0 Å². The topological polar surface area (TPSA) is 75.7 Å². The predicted octanol–water partition coefficient (Wildman–Crippen LogP) is 2.43. The van der Waals surface area contributed by atoms with Crippen molar-refractivity contribution in [1.29, 1.82) is 0 Å². The first kappa shape index (κ1) is 19.0. The zero-order valence-electron chi connectivity index (χ0n) is 15.3. The lowest BCUT2D eigenvalue weighted by Gasteiger charge is -2.31. The molecule has 0 unspecified atom stereocenters. The van der Waals surface area contributed by atoms with Gasteiger partial charge in [0.15, 0.2) is 6.10 Å². The zero-order chi connectivity index (χ0) is 18.6. The summed E-state index contributed by atoms with van der Waals surface area (Å²) >= 11 is 0. The van der Waals surface area contributed by atoms with Gasteiger partial charge in [-0.1, -0.05) is 17.7 Å². The number of amides is 2. The number of hydrogen-bond acceptors (Lipinski definition) is 4. The molecular weight excluding hydrogens is 320 g/mol. The first-order chi connectivity index (χ1) is 11.8. The van der Waals surface area contributed by atoms with Crippen molar-refractivity contribution in [1.82, 2.24) is 4.90 Å². The van der Waals surface area contributed by atoms with Crippen molar-refractivity contribution in [3.8, 4) is 0 Å². The Bertz CT molecular complexity index is 671. The number of benzene rings is 1. The van der Waals surface area contributed by atoms with E-state index in [4.69, 9.17) is 4.74 Å². The Morgan fingerprint density at radius 2 is 2.00 bits per heavy atom. The molecule has 2 atom stereocenters. The normalized spacial score (nSPS) is 18.4.